The van der Waals surface area contributed by atoms with Crippen LogP contribution in [0.3, 0.4) is 0 Å². The van der Waals surface area contributed by atoms with Crippen LogP contribution in [-0.4, -0.2) is 18.9 Å². The number of guanidine groups is 1. The Morgan fingerprint density at radius 1 is 1.44 bits per heavy atom. The third-order valence-corrected chi connectivity index (χ3v) is 4.20. The number of fused-ring (bicyclic) bond motifs is 2. The zero-order chi connectivity index (χ0) is 12.8. The summed E-state index contributed by atoms with van der Waals surface area (Å²) in [7, 11) is 1.68. The minimum absolute atomic E-state index is 0.0298. The monoisotopic (exact) mass is 307 g/mol. The Morgan fingerprint density at radius 3 is 3.06 bits per heavy atom. The molecule has 94 valence electrons. The first-order chi connectivity index (χ1) is 8.63. The van der Waals surface area contributed by atoms with Crippen LogP contribution in [0, 0.1) is 0 Å². The summed E-state index contributed by atoms with van der Waals surface area (Å²) >= 11 is 3.50. The van der Waals surface area contributed by atoms with E-state index >= 15 is 0 Å². The predicted molar refractivity (Wildman–Crippen MR) is 73.4 cm³/mol. The number of nitrogens with one attached hydrogen (secondary N) is 2. The summed E-state index contributed by atoms with van der Waals surface area (Å²) in [5.41, 5.74) is 2.25. The van der Waals surface area contributed by atoms with Gasteiger partial charge in [0.1, 0.15) is 0 Å². The first-order valence-electron chi connectivity index (χ1n) is 5.97. The number of aryl methyl sites for hydroxylation is 1. The molecule has 0 aromatic heterocycles. The van der Waals surface area contributed by atoms with E-state index in [-0.39, 0.29) is 11.4 Å². The Balaban J connectivity index is 2.08. The van der Waals surface area contributed by atoms with E-state index in [1.807, 2.05) is 0 Å². The van der Waals surface area contributed by atoms with Crippen molar-refractivity contribution < 1.29 is 4.79 Å². The van der Waals surface area contributed by atoms with Crippen LogP contribution < -0.4 is 10.6 Å². The Morgan fingerprint density at radius 2 is 2.28 bits per heavy atom. The summed E-state index contributed by atoms with van der Waals surface area (Å²) in [6.45, 7) is 0. The third kappa shape index (κ3) is 1.73. The van der Waals surface area contributed by atoms with Crippen LogP contribution >= 0.6 is 15.9 Å². The maximum atomic E-state index is 11.8. The maximum Gasteiger partial charge on any atom is 0.229 e. The summed E-state index contributed by atoms with van der Waals surface area (Å²) in [6, 6.07) is 6.29. The molecule has 18 heavy (non-hydrogen) atoms. The fourth-order valence-corrected chi connectivity index (χ4v) is 3.23. The number of hydrogen-bond donors (Lipinski definition) is 2. The predicted octanol–water partition coefficient (Wildman–Crippen LogP) is 1.69. The smallest absolute Gasteiger partial charge is 0.229 e. The van der Waals surface area contributed by atoms with Crippen molar-refractivity contribution in [3.63, 3.8) is 0 Å². The number of hydrogen-bond acceptors (Lipinski definition) is 2. The molecule has 1 saturated heterocycles. The molecule has 1 heterocycles. The topological polar surface area (TPSA) is 53.5 Å². The second kappa shape index (κ2) is 4.09. The molecule has 1 fully saturated rings. The highest BCUT2D eigenvalue weighted by Gasteiger charge is 2.44. The Labute approximate surface area is 114 Å². The maximum absolute atomic E-state index is 11.8. The molecule has 1 aliphatic carbocycles. The van der Waals surface area contributed by atoms with E-state index in [1.54, 1.807) is 7.05 Å². The molecule has 2 N–H and O–H groups in total. The lowest BCUT2D eigenvalue weighted by Gasteiger charge is -2.36. The molecule has 0 radical (unpaired) electrons. The molecule has 0 unspecified atom stereocenters. The van der Waals surface area contributed by atoms with Crippen molar-refractivity contribution in [3.05, 3.63) is 33.8 Å². The highest BCUT2D eigenvalue weighted by Crippen LogP contribution is 2.41. The van der Waals surface area contributed by atoms with Crippen molar-refractivity contribution in [2.45, 2.75) is 24.8 Å². The normalized spacial score (nSPS) is 28.1. The van der Waals surface area contributed by atoms with Gasteiger partial charge in [-0.3, -0.25) is 15.1 Å². The number of halogens is 1. The fraction of sp³-hybridized carbons (Fsp3) is 0.385. The van der Waals surface area contributed by atoms with Gasteiger partial charge in [0.15, 0.2) is 5.96 Å². The van der Waals surface area contributed by atoms with Gasteiger partial charge in [-0.05, 0) is 36.1 Å². The van der Waals surface area contributed by atoms with Crippen molar-refractivity contribution >= 4 is 27.8 Å². The van der Waals surface area contributed by atoms with Gasteiger partial charge in [-0.1, -0.05) is 22.0 Å². The van der Waals surface area contributed by atoms with Gasteiger partial charge in [-0.15, -0.1) is 0 Å². The SMILES string of the molecule is CN=C1NC(=O)C[C@]2(CCc3ccc(Br)cc32)N1. The molecule has 1 amide bonds. The number of rotatable bonds is 0. The van der Waals surface area contributed by atoms with Gasteiger partial charge in [-0.25, -0.2) is 0 Å². The highest BCUT2D eigenvalue weighted by atomic mass is 79.9. The van der Waals surface area contributed by atoms with Crippen molar-refractivity contribution in [2.75, 3.05) is 7.05 Å². The first-order valence-corrected chi connectivity index (χ1v) is 6.76. The zero-order valence-corrected chi connectivity index (χ0v) is 11.7. The summed E-state index contributed by atoms with van der Waals surface area (Å²) < 4.78 is 1.05. The summed E-state index contributed by atoms with van der Waals surface area (Å²) in [6.07, 6.45) is 2.40. The average molecular weight is 308 g/mol. The van der Waals surface area contributed by atoms with Crippen LogP contribution in [0.15, 0.2) is 27.7 Å². The molecule has 5 heteroatoms. The number of nitrogens with zero attached hydrogens (tertiary/aromatic N) is 1. The molecule has 1 spiro atoms. The quantitative estimate of drug-likeness (QED) is 0.766. The molecular weight excluding hydrogens is 294 g/mol. The minimum atomic E-state index is -0.281. The van der Waals surface area contributed by atoms with E-state index in [4.69, 9.17) is 0 Å². The lowest BCUT2D eigenvalue weighted by Crippen LogP contribution is -2.58. The molecule has 0 bridgehead atoms. The van der Waals surface area contributed by atoms with Crippen molar-refractivity contribution in [1.82, 2.24) is 10.6 Å². The van der Waals surface area contributed by atoms with E-state index in [1.165, 1.54) is 11.1 Å². The molecule has 1 aromatic rings. The molecule has 1 aromatic carbocycles. The van der Waals surface area contributed by atoms with Gasteiger partial charge in [-0.2, -0.15) is 0 Å². The molecule has 2 aliphatic rings. The van der Waals surface area contributed by atoms with Crippen LogP contribution in [0.5, 0.6) is 0 Å². The lowest BCUT2D eigenvalue weighted by atomic mass is 9.86. The number of benzene rings is 1. The van der Waals surface area contributed by atoms with Crippen LogP contribution in [0.4, 0.5) is 0 Å². The molecule has 1 atom stereocenters. The molecule has 1 aliphatic heterocycles. The van der Waals surface area contributed by atoms with E-state index in [2.05, 4.69) is 49.8 Å². The number of aliphatic imine (C=N–C) groups is 1. The van der Waals surface area contributed by atoms with Crippen LogP contribution in [0.25, 0.3) is 0 Å². The van der Waals surface area contributed by atoms with E-state index < -0.39 is 0 Å². The third-order valence-electron chi connectivity index (χ3n) is 3.71. The standard InChI is InChI=1S/C13H14BrN3O/c1-15-12-16-11(18)7-13(17-12)5-4-8-2-3-9(14)6-10(8)13/h2-3,6H,4-5,7H2,1H3,(H2,15,16,17,18)/t13-/m0/s1. The van der Waals surface area contributed by atoms with E-state index in [0.29, 0.717) is 12.4 Å². The number of carbonyl (C=O) groups is 1. The van der Waals surface area contributed by atoms with E-state index in [0.717, 1.165) is 17.3 Å². The highest BCUT2D eigenvalue weighted by molar-refractivity contribution is 9.10. The molecule has 0 saturated carbocycles. The van der Waals surface area contributed by atoms with Gasteiger partial charge in [0, 0.05) is 11.5 Å². The Kier molecular flexibility index (Phi) is 2.66. The number of amides is 1. The van der Waals surface area contributed by atoms with Crippen LogP contribution in [-0.2, 0) is 16.8 Å². The van der Waals surface area contributed by atoms with Gasteiger partial charge in [0.05, 0.1) is 12.0 Å². The zero-order valence-electron chi connectivity index (χ0n) is 10.1. The average Bonchev–Trinajstić information content (AvgIpc) is 2.67. The lowest BCUT2D eigenvalue weighted by molar-refractivity contribution is -0.122. The summed E-state index contributed by atoms with van der Waals surface area (Å²) in [5, 5.41) is 6.14. The summed E-state index contributed by atoms with van der Waals surface area (Å²) in [5.74, 6) is 0.598. The van der Waals surface area contributed by atoms with Crippen LogP contribution in [0.1, 0.15) is 24.0 Å². The van der Waals surface area contributed by atoms with Crippen LogP contribution in [0.2, 0.25) is 0 Å². The van der Waals surface area contributed by atoms with Crippen molar-refractivity contribution in [3.8, 4) is 0 Å². The number of carbonyl (C=O) groups excluding carboxylic acids is 1. The van der Waals surface area contributed by atoms with E-state index in [9.17, 15) is 4.79 Å². The first kappa shape index (κ1) is 11.7. The second-order valence-electron chi connectivity index (χ2n) is 4.81. The van der Waals surface area contributed by atoms with Crippen molar-refractivity contribution in [1.29, 1.82) is 0 Å². The van der Waals surface area contributed by atoms with Gasteiger partial charge in [0.2, 0.25) is 5.91 Å². The largest absolute Gasteiger partial charge is 0.346 e. The molecule has 4 nitrogen and oxygen atoms in total. The molecule has 3 rings (SSSR count). The summed E-state index contributed by atoms with van der Waals surface area (Å²) in [4.78, 5) is 15.9. The van der Waals surface area contributed by atoms with Gasteiger partial charge < -0.3 is 5.32 Å². The molecular formula is C13H14BrN3O. The van der Waals surface area contributed by atoms with Gasteiger partial charge >= 0.3 is 0 Å². The van der Waals surface area contributed by atoms with Gasteiger partial charge in [0.25, 0.3) is 0 Å². The second-order valence-corrected chi connectivity index (χ2v) is 5.72. The van der Waals surface area contributed by atoms with Crippen molar-refractivity contribution in [2.24, 2.45) is 4.99 Å². The Bertz CT molecular complexity index is 555. The minimum Gasteiger partial charge on any atom is -0.346 e. The Hall–Kier alpha value is -1.36. The fourth-order valence-electron chi connectivity index (χ4n) is 2.87.